The van der Waals surface area contributed by atoms with Gasteiger partial charge >= 0.3 is 0 Å². The molecule has 10 heavy (non-hydrogen) atoms. The average Bonchev–Trinajstić information content (AvgIpc) is 2.04. The van der Waals surface area contributed by atoms with E-state index in [1.54, 1.807) is 0 Å². The van der Waals surface area contributed by atoms with Gasteiger partial charge in [-0.05, 0) is 26.3 Å². The van der Waals surface area contributed by atoms with Crippen molar-refractivity contribution < 1.29 is 0 Å². The Morgan fingerprint density at radius 3 is 2.80 bits per heavy atom. The highest BCUT2D eigenvalue weighted by molar-refractivity contribution is 5.90. The van der Waals surface area contributed by atoms with Crippen molar-refractivity contribution in [2.75, 3.05) is 14.1 Å². The normalized spacial score (nSPS) is 31.0. The molecule has 0 bridgehead atoms. The third-order valence-corrected chi connectivity index (χ3v) is 2.21. The Hall–Kier alpha value is -0.370. The molecule has 1 aliphatic rings. The maximum Gasteiger partial charge on any atom is 0.0448 e. The second kappa shape index (κ2) is 3.71. The van der Waals surface area contributed by atoms with Gasteiger partial charge in [0.25, 0.3) is 0 Å². The van der Waals surface area contributed by atoms with Crippen LogP contribution in [0.2, 0.25) is 0 Å². The van der Waals surface area contributed by atoms with Gasteiger partial charge in [0, 0.05) is 18.8 Å². The lowest BCUT2D eigenvalue weighted by Gasteiger charge is -2.22. The van der Waals surface area contributed by atoms with Crippen LogP contribution >= 0.6 is 0 Å². The summed E-state index contributed by atoms with van der Waals surface area (Å²) < 4.78 is 0. The first-order valence-corrected chi connectivity index (χ1v) is 4.01. The summed E-state index contributed by atoms with van der Waals surface area (Å²) in [4.78, 5) is 4.25. The first kappa shape index (κ1) is 7.73. The van der Waals surface area contributed by atoms with Gasteiger partial charge in [-0.1, -0.05) is 6.42 Å². The number of rotatable bonds is 1. The highest BCUT2D eigenvalue weighted by Gasteiger charge is 2.16. The molecule has 1 atom stereocenters. The highest BCUT2D eigenvalue weighted by atomic mass is 14.9. The van der Waals surface area contributed by atoms with Gasteiger partial charge in [-0.3, -0.25) is 4.99 Å². The molecule has 1 saturated carbocycles. The molecule has 0 saturated heterocycles. The minimum absolute atomic E-state index is 0.568. The molecule has 0 amide bonds. The van der Waals surface area contributed by atoms with Crippen molar-refractivity contribution in [1.29, 1.82) is 0 Å². The van der Waals surface area contributed by atoms with Crippen LogP contribution in [-0.2, 0) is 0 Å². The largest absolute Gasteiger partial charge is 0.312 e. The van der Waals surface area contributed by atoms with Crippen LogP contribution in [-0.4, -0.2) is 25.8 Å². The maximum atomic E-state index is 4.25. The number of hydrogen-bond donors (Lipinski definition) is 1. The number of nitrogens with one attached hydrogen (secondary N) is 1. The average molecular weight is 140 g/mol. The molecule has 2 heteroatoms. The van der Waals surface area contributed by atoms with E-state index in [4.69, 9.17) is 0 Å². The Kier molecular flexibility index (Phi) is 2.87. The second-order valence-corrected chi connectivity index (χ2v) is 2.80. The summed E-state index contributed by atoms with van der Waals surface area (Å²) >= 11 is 0. The molecule has 0 aromatic heterocycles. The third kappa shape index (κ3) is 1.57. The van der Waals surface area contributed by atoms with E-state index in [0.29, 0.717) is 6.04 Å². The lowest BCUT2D eigenvalue weighted by atomic mass is 9.93. The molecule has 2 nitrogen and oxygen atoms in total. The van der Waals surface area contributed by atoms with E-state index in [1.165, 1.54) is 31.4 Å². The molecule has 1 rings (SSSR count). The van der Waals surface area contributed by atoms with Crippen LogP contribution in [0.25, 0.3) is 0 Å². The zero-order chi connectivity index (χ0) is 7.40. The fraction of sp³-hybridized carbons (Fsp3) is 0.875. The fourth-order valence-corrected chi connectivity index (χ4v) is 1.57. The molecule has 1 aliphatic carbocycles. The van der Waals surface area contributed by atoms with Gasteiger partial charge in [0.15, 0.2) is 0 Å². The van der Waals surface area contributed by atoms with E-state index in [2.05, 4.69) is 10.3 Å². The minimum Gasteiger partial charge on any atom is -0.312 e. The van der Waals surface area contributed by atoms with Gasteiger partial charge in [0.05, 0.1) is 0 Å². The molecule has 0 radical (unpaired) electrons. The van der Waals surface area contributed by atoms with E-state index in [1.807, 2.05) is 14.1 Å². The summed E-state index contributed by atoms with van der Waals surface area (Å²) in [6.45, 7) is 0. The maximum absolute atomic E-state index is 4.25. The van der Waals surface area contributed by atoms with Crippen LogP contribution in [0.5, 0.6) is 0 Å². The molecule has 0 heterocycles. The summed E-state index contributed by atoms with van der Waals surface area (Å²) in [6, 6.07) is 0.568. The molecule has 0 aromatic rings. The van der Waals surface area contributed by atoms with Crippen molar-refractivity contribution in [3.05, 3.63) is 0 Å². The molecule has 58 valence electrons. The van der Waals surface area contributed by atoms with Crippen molar-refractivity contribution >= 4 is 5.71 Å². The Balaban J connectivity index is 2.50. The zero-order valence-corrected chi connectivity index (χ0v) is 6.85. The topological polar surface area (TPSA) is 24.4 Å². The summed E-state index contributed by atoms with van der Waals surface area (Å²) in [5.74, 6) is 0. The molecule has 0 aromatic carbocycles. The van der Waals surface area contributed by atoms with Crippen LogP contribution in [0.3, 0.4) is 0 Å². The Bertz CT molecular complexity index is 129. The van der Waals surface area contributed by atoms with Gasteiger partial charge < -0.3 is 5.32 Å². The summed E-state index contributed by atoms with van der Waals surface area (Å²) in [6.07, 6.45) is 5.14. The van der Waals surface area contributed by atoms with Crippen molar-refractivity contribution in [2.45, 2.75) is 31.7 Å². The van der Waals surface area contributed by atoms with Gasteiger partial charge in [0.2, 0.25) is 0 Å². The molecule has 1 fully saturated rings. The van der Waals surface area contributed by atoms with Crippen LogP contribution < -0.4 is 5.32 Å². The van der Waals surface area contributed by atoms with Crippen molar-refractivity contribution in [2.24, 2.45) is 4.99 Å². The predicted octanol–water partition coefficient (Wildman–Crippen LogP) is 1.22. The smallest absolute Gasteiger partial charge is 0.0448 e. The van der Waals surface area contributed by atoms with E-state index >= 15 is 0 Å². The summed E-state index contributed by atoms with van der Waals surface area (Å²) in [5.41, 5.74) is 1.36. The van der Waals surface area contributed by atoms with E-state index in [0.717, 1.165) is 0 Å². The van der Waals surface area contributed by atoms with Crippen molar-refractivity contribution in [3.8, 4) is 0 Å². The van der Waals surface area contributed by atoms with Gasteiger partial charge in [0.1, 0.15) is 0 Å². The van der Waals surface area contributed by atoms with E-state index < -0.39 is 0 Å². The zero-order valence-electron chi connectivity index (χ0n) is 6.85. The summed E-state index contributed by atoms with van der Waals surface area (Å²) in [5, 5.41) is 3.27. The van der Waals surface area contributed by atoms with Gasteiger partial charge in [-0.25, -0.2) is 0 Å². The van der Waals surface area contributed by atoms with Crippen LogP contribution in [0.4, 0.5) is 0 Å². The van der Waals surface area contributed by atoms with Crippen LogP contribution in [0.15, 0.2) is 4.99 Å². The quantitative estimate of drug-likeness (QED) is 0.582. The number of hydrogen-bond acceptors (Lipinski definition) is 2. The van der Waals surface area contributed by atoms with Crippen LogP contribution in [0, 0.1) is 0 Å². The predicted molar refractivity (Wildman–Crippen MR) is 44.7 cm³/mol. The third-order valence-electron chi connectivity index (χ3n) is 2.21. The SMILES string of the molecule is C/N=C1/CCCCC1NC. The fourth-order valence-electron chi connectivity index (χ4n) is 1.57. The molecule has 1 unspecified atom stereocenters. The molecular weight excluding hydrogens is 124 g/mol. The molecule has 0 spiro atoms. The lowest BCUT2D eigenvalue weighted by Crippen LogP contribution is -2.36. The Morgan fingerprint density at radius 2 is 2.30 bits per heavy atom. The molecule has 1 N–H and O–H groups in total. The van der Waals surface area contributed by atoms with Gasteiger partial charge in [-0.2, -0.15) is 0 Å². The number of nitrogens with zero attached hydrogens (tertiary/aromatic N) is 1. The van der Waals surface area contributed by atoms with Crippen molar-refractivity contribution in [3.63, 3.8) is 0 Å². The van der Waals surface area contributed by atoms with Crippen LogP contribution in [0.1, 0.15) is 25.7 Å². The molecule has 0 aliphatic heterocycles. The standard InChI is InChI=1S/C8H16N2/c1-9-7-5-3-4-6-8(7)10-2/h7,9H,3-6H2,1-2H3/b10-8-. The monoisotopic (exact) mass is 140 g/mol. The second-order valence-electron chi connectivity index (χ2n) is 2.80. The van der Waals surface area contributed by atoms with Crippen molar-refractivity contribution in [1.82, 2.24) is 5.32 Å². The first-order valence-electron chi connectivity index (χ1n) is 4.01. The highest BCUT2D eigenvalue weighted by Crippen LogP contribution is 2.14. The first-order chi connectivity index (χ1) is 4.88. The van der Waals surface area contributed by atoms with E-state index in [-0.39, 0.29) is 0 Å². The summed E-state index contributed by atoms with van der Waals surface area (Å²) in [7, 11) is 3.91. The minimum atomic E-state index is 0.568. The van der Waals surface area contributed by atoms with Gasteiger partial charge in [-0.15, -0.1) is 0 Å². The lowest BCUT2D eigenvalue weighted by molar-refractivity contribution is 0.548. The molecular formula is C8H16N2. The Labute approximate surface area is 62.7 Å². The number of aliphatic imine (C=N–C) groups is 1. The van der Waals surface area contributed by atoms with E-state index in [9.17, 15) is 0 Å². The Morgan fingerprint density at radius 1 is 1.50 bits per heavy atom.